The second-order valence-corrected chi connectivity index (χ2v) is 12.0. The summed E-state index contributed by atoms with van der Waals surface area (Å²) in [5, 5.41) is 15.1. The van der Waals surface area contributed by atoms with E-state index in [1.54, 1.807) is 7.11 Å². The summed E-state index contributed by atoms with van der Waals surface area (Å²) in [5.41, 5.74) is 6.37. The van der Waals surface area contributed by atoms with Crippen LogP contribution in [0.15, 0.2) is 127 Å². The molecule has 0 spiro atoms. The maximum Gasteiger partial charge on any atom is 0.178 e. The lowest BCUT2D eigenvalue weighted by Gasteiger charge is -2.38. The fourth-order valence-corrected chi connectivity index (χ4v) is 7.60. The standard InChI is InChI=1S/C41H30O4/c1-43-30-18-16-28(17-19-30)40(27-10-4-2-5-11-27)22-20-32-38-37(33-24-26-21-23-44-36(26)25-34(33)39(32)45-40)31-14-8-9-15-35(31)41(38,42)29-12-6-3-7-13-29/h2-20,22,24-25,42H,21,23H2,1H3. The molecule has 0 saturated heterocycles. The molecule has 6 aromatic carbocycles. The van der Waals surface area contributed by atoms with E-state index in [2.05, 4.69) is 66.7 Å². The van der Waals surface area contributed by atoms with Crippen LogP contribution in [0.3, 0.4) is 0 Å². The highest BCUT2D eigenvalue weighted by Crippen LogP contribution is 2.60. The second kappa shape index (κ2) is 9.59. The SMILES string of the molecule is COc1ccc(C2(c3ccccc3)C=Cc3c4c(c5cc6c(cc5c3O2)OCC6)-c2ccccc2C4(O)c2ccccc2)cc1. The van der Waals surface area contributed by atoms with E-state index < -0.39 is 11.2 Å². The molecule has 2 aliphatic heterocycles. The summed E-state index contributed by atoms with van der Waals surface area (Å²) in [6, 6.07) is 41.0. The van der Waals surface area contributed by atoms with Crippen LogP contribution in [0.1, 0.15) is 38.9 Å². The summed E-state index contributed by atoms with van der Waals surface area (Å²) in [5.74, 6) is 2.40. The van der Waals surface area contributed by atoms with Crippen LogP contribution in [0.2, 0.25) is 0 Å². The van der Waals surface area contributed by atoms with Gasteiger partial charge in [-0.15, -0.1) is 0 Å². The van der Waals surface area contributed by atoms with Crippen molar-refractivity contribution < 1.29 is 19.3 Å². The zero-order valence-electron chi connectivity index (χ0n) is 24.8. The Kier molecular flexibility index (Phi) is 5.56. The van der Waals surface area contributed by atoms with E-state index in [0.717, 1.165) is 78.9 Å². The lowest BCUT2D eigenvalue weighted by Crippen LogP contribution is -2.35. The van der Waals surface area contributed by atoms with Gasteiger partial charge >= 0.3 is 0 Å². The van der Waals surface area contributed by atoms with E-state index >= 15 is 0 Å². The molecule has 2 heterocycles. The molecule has 4 nitrogen and oxygen atoms in total. The first-order valence-corrected chi connectivity index (χ1v) is 15.4. The van der Waals surface area contributed by atoms with E-state index in [-0.39, 0.29) is 0 Å². The van der Waals surface area contributed by atoms with Crippen molar-refractivity contribution in [3.05, 3.63) is 166 Å². The number of ether oxygens (including phenoxy) is 3. The lowest BCUT2D eigenvalue weighted by molar-refractivity contribution is 0.127. The van der Waals surface area contributed by atoms with Crippen LogP contribution < -0.4 is 14.2 Å². The highest BCUT2D eigenvalue weighted by Gasteiger charge is 2.48. The van der Waals surface area contributed by atoms with Gasteiger partial charge in [0.1, 0.15) is 22.8 Å². The van der Waals surface area contributed by atoms with E-state index in [9.17, 15) is 5.11 Å². The molecule has 0 bridgehead atoms. The van der Waals surface area contributed by atoms with E-state index in [1.807, 2.05) is 66.7 Å². The van der Waals surface area contributed by atoms with Crippen LogP contribution in [0.4, 0.5) is 0 Å². The Labute approximate surface area is 261 Å². The summed E-state index contributed by atoms with van der Waals surface area (Å²) in [6.07, 6.45) is 5.14. The minimum Gasteiger partial charge on any atom is -0.497 e. The van der Waals surface area contributed by atoms with Gasteiger partial charge in [-0.05, 0) is 58.0 Å². The number of rotatable bonds is 4. The average molecular weight is 587 g/mol. The Morgan fingerprint density at radius 1 is 0.733 bits per heavy atom. The second-order valence-electron chi connectivity index (χ2n) is 12.0. The Bertz CT molecular complexity index is 2150. The van der Waals surface area contributed by atoms with Crippen LogP contribution in [0.25, 0.3) is 28.0 Å². The molecule has 45 heavy (non-hydrogen) atoms. The van der Waals surface area contributed by atoms with Gasteiger partial charge in [-0.1, -0.05) is 103 Å². The molecule has 0 fully saturated rings. The molecule has 1 N–H and O–H groups in total. The molecule has 2 unspecified atom stereocenters. The number of benzene rings is 6. The molecule has 4 heteroatoms. The minimum absolute atomic E-state index is 0.654. The highest BCUT2D eigenvalue weighted by molar-refractivity contribution is 6.09. The molecule has 0 saturated carbocycles. The predicted octanol–water partition coefficient (Wildman–Crippen LogP) is 8.40. The molecule has 2 atom stereocenters. The first-order valence-electron chi connectivity index (χ1n) is 15.4. The van der Waals surface area contributed by atoms with E-state index in [1.165, 1.54) is 5.56 Å². The Morgan fingerprint density at radius 3 is 2.18 bits per heavy atom. The quantitative estimate of drug-likeness (QED) is 0.225. The van der Waals surface area contributed by atoms with E-state index in [4.69, 9.17) is 14.2 Å². The summed E-state index contributed by atoms with van der Waals surface area (Å²) < 4.78 is 19.0. The van der Waals surface area contributed by atoms with Crippen LogP contribution >= 0.6 is 0 Å². The Hall–Kier alpha value is -5.32. The number of aliphatic hydroxyl groups is 1. The molecule has 6 aromatic rings. The van der Waals surface area contributed by atoms with Crippen LogP contribution in [0, 0.1) is 0 Å². The number of methoxy groups -OCH3 is 1. The summed E-state index contributed by atoms with van der Waals surface area (Å²) in [7, 11) is 1.67. The molecule has 1 aliphatic carbocycles. The average Bonchev–Trinajstić information content (AvgIpc) is 3.69. The summed E-state index contributed by atoms with van der Waals surface area (Å²) >= 11 is 0. The molecule has 3 aliphatic rings. The van der Waals surface area contributed by atoms with Gasteiger partial charge in [0.2, 0.25) is 0 Å². The van der Waals surface area contributed by atoms with Crippen molar-refractivity contribution in [2.24, 2.45) is 0 Å². The fourth-order valence-electron chi connectivity index (χ4n) is 7.60. The third-order valence-electron chi connectivity index (χ3n) is 9.72. The largest absolute Gasteiger partial charge is 0.497 e. The maximum absolute atomic E-state index is 13.1. The van der Waals surface area contributed by atoms with E-state index in [0.29, 0.717) is 6.61 Å². The number of fused-ring (bicyclic) bond motifs is 9. The first-order chi connectivity index (χ1) is 22.1. The van der Waals surface area contributed by atoms with Gasteiger partial charge in [-0.25, -0.2) is 0 Å². The van der Waals surface area contributed by atoms with Crippen molar-refractivity contribution in [2.75, 3.05) is 13.7 Å². The van der Waals surface area contributed by atoms with Gasteiger partial charge in [-0.2, -0.15) is 0 Å². The highest BCUT2D eigenvalue weighted by atomic mass is 16.5. The summed E-state index contributed by atoms with van der Waals surface area (Å²) in [4.78, 5) is 0. The zero-order valence-corrected chi connectivity index (χ0v) is 24.8. The minimum atomic E-state index is -1.37. The molecule has 0 radical (unpaired) electrons. The number of hydrogen-bond acceptors (Lipinski definition) is 4. The van der Waals surface area contributed by atoms with Crippen molar-refractivity contribution in [1.29, 1.82) is 0 Å². The first kappa shape index (κ1) is 26.1. The normalized spacial score (nSPS) is 20.5. The van der Waals surface area contributed by atoms with Gasteiger partial charge in [0.15, 0.2) is 5.60 Å². The maximum atomic E-state index is 13.1. The van der Waals surface area contributed by atoms with Crippen molar-refractivity contribution in [3.63, 3.8) is 0 Å². The molecular weight excluding hydrogens is 556 g/mol. The van der Waals surface area contributed by atoms with Gasteiger partial charge in [0.05, 0.1) is 13.7 Å². The third-order valence-corrected chi connectivity index (χ3v) is 9.72. The zero-order chi connectivity index (χ0) is 30.2. The Morgan fingerprint density at radius 2 is 1.42 bits per heavy atom. The van der Waals surface area contributed by atoms with Crippen molar-refractivity contribution in [2.45, 2.75) is 17.6 Å². The van der Waals surface area contributed by atoms with Gasteiger partial charge in [-0.3, -0.25) is 0 Å². The van der Waals surface area contributed by atoms with Gasteiger partial charge < -0.3 is 19.3 Å². The van der Waals surface area contributed by atoms with Crippen LogP contribution in [-0.2, 0) is 17.6 Å². The smallest absolute Gasteiger partial charge is 0.178 e. The Balaban J connectivity index is 1.40. The van der Waals surface area contributed by atoms with Gasteiger partial charge in [0.25, 0.3) is 0 Å². The topological polar surface area (TPSA) is 47.9 Å². The third kappa shape index (κ3) is 3.57. The van der Waals surface area contributed by atoms with Crippen LogP contribution in [-0.4, -0.2) is 18.8 Å². The molecular formula is C41H30O4. The molecule has 0 aromatic heterocycles. The van der Waals surface area contributed by atoms with Gasteiger partial charge in [0, 0.05) is 39.6 Å². The fraction of sp³-hybridized carbons (Fsp3) is 0.122. The summed E-state index contributed by atoms with van der Waals surface area (Å²) in [6.45, 7) is 0.654. The lowest BCUT2D eigenvalue weighted by atomic mass is 9.78. The van der Waals surface area contributed by atoms with Crippen LogP contribution in [0.5, 0.6) is 17.2 Å². The number of hydrogen-bond donors (Lipinski definition) is 1. The predicted molar refractivity (Wildman–Crippen MR) is 177 cm³/mol. The van der Waals surface area contributed by atoms with Crippen molar-refractivity contribution in [1.82, 2.24) is 0 Å². The van der Waals surface area contributed by atoms with Crippen molar-refractivity contribution in [3.8, 4) is 28.4 Å². The molecule has 218 valence electrons. The van der Waals surface area contributed by atoms with Crippen molar-refractivity contribution >= 4 is 16.8 Å². The molecule has 9 rings (SSSR count). The molecule has 0 amide bonds. The monoisotopic (exact) mass is 586 g/mol.